The van der Waals surface area contributed by atoms with Crippen LogP contribution in [0, 0.1) is 0 Å². The fourth-order valence-corrected chi connectivity index (χ4v) is 3.33. The third-order valence-electron chi connectivity index (χ3n) is 3.59. The van der Waals surface area contributed by atoms with Gasteiger partial charge in [0.2, 0.25) is 5.95 Å². The SMILES string of the molecule is Clc1ccccc1-c1c(Cl)nc(N2CCCCC2)nc1Cl. The molecule has 3 nitrogen and oxygen atoms in total. The maximum Gasteiger partial charge on any atom is 0.228 e. The van der Waals surface area contributed by atoms with Crippen molar-refractivity contribution in [2.24, 2.45) is 0 Å². The summed E-state index contributed by atoms with van der Waals surface area (Å²) in [5.74, 6) is 0.598. The van der Waals surface area contributed by atoms with Crippen molar-refractivity contribution in [2.75, 3.05) is 18.0 Å². The molecule has 3 rings (SSSR count). The number of halogens is 3. The Morgan fingerprint density at radius 3 is 2.10 bits per heavy atom. The molecule has 2 aromatic rings. The van der Waals surface area contributed by atoms with Crippen LogP contribution in [0.5, 0.6) is 0 Å². The van der Waals surface area contributed by atoms with Crippen molar-refractivity contribution < 1.29 is 0 Å². The van der Waals surface area contributed by atoms with Gasteiger partial charge in [-0.3, -0.25) is 0 Å². The van der Waals surface area contributed by atoms with Gasteiger partial charge < -0.3 is 4.90 Å². The zero-order valence-corrected chi connectivity index (χ0v) is 13.6. The van der Waals surface area contributed by atoms with Crippen LogP contribution in [-0.4, -0.2) is 23.1 Å². The molecule has 0 saturated carbocycles. The molecule has 1 aliphatic rings. The molecule has 1 aliphatic heterocycles. The van der Waals surface area contributed by atoms with E-state index >= 15 is 0 Å². The minimum Gasteiger partial charge on any atom is -0.341 e. The average molecular weight is 343 g/mol. The third kappa shape index (κ3) is 3.10. The summed E-state index contributed by atoms with van der Waals surface area (Å²) in [5, 5.41) is 1.25. The molecule has 0 atom stereocenters. The van der Waals surface area contributed by atoms with Crippen LogP contribution < -0.4 is 4.90 Å². The standard InChI is InChI=1S/C15H14Cl3N3/c16-11-7-3-2-6-10(11)12-13(17)19-15(20-14(12)18)21-8-4-1-5-9-21/h2-3,6-7H,1,4-5,8-9H2. The molecule has 0 spiro atoms. The molecule has 1 saturated heterocycles. The van der Waals surface area contributed by atoms with Gasteiger partial charge in [0.25, 0.3) is 0 Å². The fourth-order valence-electron chi connectivity index (χ4n) is 2.52. The highest BCUT2D eigenvalue weighted by Gasteiger charge is 2.20. The van der Waals surface area contributed by atoms with Gasteiger partial charge in [0.1, 0.15) is 10.3 Å². The molecular formula is C15H14Cl3N3. The second-order valence-electron chi connectivity index (χ2n) is 5.01. The van der Waals surface area contributed by atoms with Crippen LogP contribution in [0.1, 0.15) is 19.3 Å². The number of hydrogen-bond acceptors (Lipinski definition) is 3. The lowest BCUT2D eigenvalue weighted by Crippen LogP contribution is -2.31. The molecule has 6 heteroatoms. The highest BCUT2D eigenvalue weighted by molar-refractivity contribution is 6.40. The van der Waals surface area contributed by atoms with Crippen molar-refractivity contribution in [3.63, 3.8) is 0 Å². The molecule has 2 heterocycles. The van der Waals surface area contributed by atoms with E-state index in [0.717, 1.165) is 31.5 Å². The first-order chi connectivity index (χ1) is 10.2. The number of anilines is 1. The van der Waals surface area contributed by atoms with Crippen LogP contribution in [0.15, 0.2) is 24.3 Å². The molecule has 0 unspecified atom stereocenters. The van der Waals surface area contributed by atoms with Crippen LogP contribution in [0.3, 0.4) is 0 Å². The first kappa shape index (κ1) is 14.9. The van der Waals surface area contributed by atoms with Gasteiger partial charge in [-0.15, -0.1) is 0 Å². The van der Waals surface area contributed by atoms with E-state index in [-0.39, 0.29) is 0 Å². The average Bonchev–Trinajstić information content (AvgIpc) is 2.49. The van der Waals surface area contributed by atoms with Crippen LogP contribution in [0.25, 0.3) is 11.1 Å². The number of nitrogens with zero attached hydrogens (tertiary/aromatic N) is 3. The van der Waals surface area contributed by atoms with E-state index in [1.165, 1.54) is 6.42 Å². The molecule has 21 heavy (non-hydrogen) atoms. The lowest BCUT2D eigenvalue weighted by molar-refractivity contribution is 0.568. The highest BCUT2D eigenvalue weighted by atomic mass is 35.5. The van der Waals surface area contributed by atoms with Gasteiger partial charge in [-0.1, -0.05) is 53.0 Å². The Balaban J connectivity index is 2.02. The Labute approximate surface area is 138 Å². The maximum absolute atomic E-state index is 6.34. The van der Waals surface area contributed by atoms with Crippen LogP contribution in [0.4, 0.5) is 5.95 Å². The van der Waals surface area contributed by atoms with E-state index in [1.54, 1.807) is 6.07 Å². The molecule has 1 aromatic heterocycles. The molecule has 0 N–H and O–H groups in total. The van der Waals surface area contributed by atoms with Crippen molar-refractivity contribution in [1.82, 2.24) is 9.97 Å². The summed E-state index contributed by atoms with van der Waals surface area (Å²) < 4.78 is 0. The van der Waals surface area contributed by atoms with E-state index in [9.17, 15) is 0 Å². The predicted octanol–water partition coefficient (Wildman–Crippen LogP) is 5.09. The van der Waals surface area contributed by atoms with Crippen LogP contribution in [-0.2, 0) is 0 Å². The van der Waals surface area contributed by atoms with E-state index in [0.29, 0.717) is 26.8 Å². The Kier molecular flexibility index (Phi) is 4.53. The second-order valence-corrected chi connectivity index (χ2v) is 6.13. The summed E-state index contributed by atoms with van der Waals surface area (Å²) in [7, 11) is 0. The van der Waals surface area contributed by atoms with Gasteiger partial charge in [0.05, 0.1) is 5.56 Å². The Morgan fingerprint density at radius 1 is 0.857 bits per heavy atom. The summed E-state index contributed by atoms with van der Waals surface area (Å²) >= 11 is 18.9. The number of piperidine rings is 1. The molecule has 0 bridgehead atoms. The number of benzene rings is 1. The monoisotopic (exact) mass is 341 g/mol. The van der Waals surface area contributed by atoms with Gasteiger partial charge in [-0.25, -0.2) is 9.97 Å². The number of rotatable bonds is 2. The molecule has 1 aromatic carbocycles. The molecule has 0 amide bonds. The van der Waals surface area contributed by atoms with E-state index in [2.05, 4.69) is 14.9 Å². The van der Waals surface area contributed by atoms with Gasteiger partial charge in [-0.05, 0) is 25.3 Å². The predicted molar refractivity (Wildman–Crippen MR) is 88.6 cm³/mol. The Hall–Kier alpha value is -1.03. The van der Waals surface area contributed by atoms with E-state index in [4.69, 9.17) is 34.8 Å². The summed E-state index contributed by atoms with van der Waals surface area (Å²) in [5.41, 5.74) is 1.34. The normalized spacial score (nSPS) is 15.3. The van der Waals surface area contributed by atoms with Crippen molar-refractivity contribution >= 4 is 40.8 Å². The van der Waals surface area contributed by atoms with E-state index in [1.807, 2.05) is 18.2 Å². The molecule has 1 fully saturated rings. The lowest BCUT2D eigenvalue weighted by Gasteiger charge is -2.27. The minimum atomic E-state index is 0.337. The highest BCUT2D eigenvalue weighted by Crippen LogP contribution is 2.37. The largest absolute Gasteiger partial charge is 0.341 e. The number of aromatic nitrogens is 2. The zero-order valence-electron chi connectivity index (χ0n) is 11.3. The van der Waals surface area contributed by atoms with Crippen molar-refractivity contribution in [3.8, 4) is 11.1 Å². The topological polar surface area (TPSA) is 29.0 Å². The van der Waals surface area contributed by atoms with Gasteiger partial charge in [-0.2, -0.15) is 0 Å². The zero-order chi connectivity index (χ0) is 14.8. The Bertz CT molecular complexity index is 631. The molecule has 110 valence electrons. The van der Waals surface area contributed by atoms with Gasteiger partial charge in [0, 0.05) is 23.7 Å². The fraction of sp³-hybridized carbons (Fsp3) is 0.333. The summed E-state index contributed by atoms with van der Waals surface area (Å²) in [6.45, 7) is 1.89. The molecule has 0 radical (unpaired) electrons. The smallest absolute Gasteiger partial charge is 0.228 e. The third-order valence-corrected chi connectivity index (χ3v) is 4.47. The Morgan fingerprint density at radius 2 is 1.48 bits per heavy atom. The second kappa shape index (κ2) is 6.39. The first-order valence-corrected chi connectivity index (χ1v) is 8.03. The maximum atomic E-state index is 6.34. The van der Waals surface area contributed by atoms with E-state index < -0.39 is 0 Å². The van der Waals surface area contributed by atoms with Gasteiger partial charge >= 0.3 is 0 Å². The molecule has 0 aliphatic carbocycles. The lowest BCUT2D eigenvalue weighted by atomic mass is 10.1. The van der Waals surface area contributed by atoms with Gasteiger partial charge in [0.15, 0.2) is 0 Å². The van der Waals surface area contributed by atoms with Crippen LogP contribution in [0.2, 0.25) is 15.3 Å². The van der Waals surface area contributed by atoms with Crippen LogP contribution >= 0.6 is 34.8 Å². The number of hydrogen-bond donors (Lipinski definition) is 0. The van der Waals surface area contributed by atoms with Crippen molar-refractivity contribution in [3.05, 3.63) is 39.6 Å². The summed E-state index contributed by atoms with van der Waals surface area (Å²) in [4.78, 5) is 10.9. The van der Waals surface area contributed by atoms with Crippen molar-refractivity contribution in [1.29, 1.82) is 0 Å². The van der Waals surface area contributed by atoms with Crippen molar-refractivity contribution in [2.45, 2.75) is 19.3 Å². The quantitative estimate of drug-likeness (QED) is 0.711. The summed E-state index contributed by atoms with van der Waals surface area (Å²) in [6, 6.07) is 7.39. The molecular weight excluding hydrogens is 329 g/mol. The first-order valence-electron chi connectivity index (χ1n) is 6.89. The summed E-state index contributed by atoms with van der Waals surface area (Å²) in [6.07, 6.45) is 3.53. The minimum absolute atomic E-state index is 0.337.